The number of hydrogen-bond acceptors (Lipinski definition) is 3. The number of carbonyl (C=O) groups excluding carboxylic acids is 1. The van der Waals surface area contributed by atoms with E-state index in [1.165, 1.54) is 19.3 Å². The first kappa shape index (κ1) is 15.3. The van der Waals surface area contributed by atoms with Crippen LogP contribution < -0.4 is 5.32 Å². The summed E-state index contributed by atoms with van der Waals surface area (Å²) in [4.78, 5) is 16.3. The van der Waals surface area contributed by atoms with E-state index >= 15 is 0 Å². The molecule has 1 N–H and O–H groups in total. The van der Waals surface area contributed by atoms with Crippen LogP contribution in [-0.2, 0) is 4.79 Å². The molecule has 0 aromatic heterocycles. The van der Waals surface area contributed by atoms with Gasteiger partial charge >= 0.3 is 0 Å². The molecule has 0 aromatic rings. The van der Waals surface area contributed by atoms with E-state index in [1.807, 2.05) is 25.3 Å². The highest BCUT2D eigenvalue weighted by atomic mass is 16.2. The largest absolute Gasteiger partial charge is 0.299 e. The zero-order valence-electron chi connectivity index (χ0n) is 12.9. The Morgan fingerprint density at radius 2 is 1.95 bits per heavy atom. The zero-order chi connectivity index (χ0) is 14.6. The van der Waals surface area contributed by atoms with Gasteiger partial charge in [-0.05, 0) is 51.9 Å². The summed E-state index contributed by atoms with van der Waals surface area (Å²) in [6, 6.07) is 0. The maximum Gasteiger partial charge on any atom is 0.227 e. The summed E-state index contributed by atoms with van der Waals surface area (Å²) in [5.41, 5.74) is -0.104. The topological polar surface area (TPSA) is 35.6 Å². The fraction of sp³-hybridized carbons (Fsp3) is 0.688. The minimum Gasteiger partial charge on any atom is -0.299 e. The summed E-state index contributed by atoms with van der Waals surface area (Å²) in [6.45, 7) is 8.58. The smallest absolute Gasteiger partial charge is 0.227 e. The molecule has 1 saturated heterocycles. The van der Waals surface area contributed by atoms with E-state index in [1.54, 1.807) is 4.90 Å². The van der Waals surface area contributed by atoms with Crippen LogP contribution in [0.25, 0.3) is 0 Å². The molecule has 112 valence electrons. The summed E-state index contributed by atoms with van der Waals surface area (Å²) in [7, 11) is 0. The highest BCUT2D eigenvalue weighted by Crippen LogP contribution is 2.20. The van der Waals surface area contributed by atoms with Gasteiger partial charge < -0.3 is 0 Å². The summed E-state index contributed by atoms with van der Waals surface area (Å²) >= 11 is 0. The molecule has 0 aromatic carbocycles. The second-order valence-corrected chi connectivity index (χ2v) is 6.08. The van der Waals surface area contributed by atoms with Crippen molar-refractivity contribution in [1.82, 2.24) is 15.1 Å². The lowest BCUT2D eigenvalue weighted by Crippen LogP contribution is -2.62. The Morgan fingerprint density at radius 1 is 1.25 bits per heavy atom. The first-order chi connectivity index (χ1) is 9.54. The van der Waals surface area contributed by atoms with E-state index in [0.717, 1.165) is 13.1 Å². The lowest BCUT2D eigenvalue weighted by Gasteiger charge is -2.45. The van der Waals surface area contributed by atoms with E-state index in [9.17, 15) is 4.79 Å². The molecule has 2 rings (SSSR count). The molecule has 1 amide bonds. The number of hydrogen-bond donors (Lipinski definition) is 1. The molecule has 2 aliphatic rings. The van der Waals surface area contributed by atoms with Crippen molar-refractivity contribution in [2.75, 3.05) is 13.1 Å². The molecular weight excluding hydrogens is 250 g/mol. The molecular formula is C16H27N3O. The maximum absolute atomic E-state index is 12.0. The average Bonchev–Trinajstić information content (AvgIpc) is 2.47. The molecule has 2 heterocycles. The van der Waals surface area contributed by atoms with Crippen LogP contribution in [0.3, 0.4) is 0 Å². The zero-order valence-corrected chi connectivity index (χ0v) is 12.9. The van der Waals surface area contributed by atoms with Crippen LogP contribution in [0.4, 0.5) is 0 Å². The molecule has 4 heteroatoms. The van der Waals surface area contributed by atoms with Crippen molar-refractivity contribution >= 4 is 5.91 Å². The minimum atomic E-state index is -0.104. The summed E-state index contributed by atoms with van der Waals surface area (Å²) in [6.07, 6.45) is 12.2. The monoisotopic (exact) mass is 277 g/mol. The van der Waals surface area contributed by atoms with Crippen LogP contribution >= 0.6 is 0 Å². The number of piperidine rings is 1. The Morgan fingerprint density at radius 3 is 2.60 bits per heavy atom. The van der Waals surface area contributed by atoms with Crippen molar-refractivity contribution in [2.45, 2.75) is 58.3 Å². The van der Waals surface area contributed by atoms with Crippen LogP contribution in [0.2, 0.25) is 0 Å². The van der Waals surface area contributed by atoms with E-state index < -0.39 is 0 Å². The molecule has 2 aliphatic heterocycles. The number of carbonyl (C=O) groups is 1. The Labute approximate surface area is 122 Å². The Kier molecular flexibility index (Phi) is 5.00. The number of nitrogens with one attached hydrogen (secondary N) is 1. The summed E-state index contributed by atoms with van der Waals surface area (Å²) in [5.74, 6) is 0.151. The van der Waals surface area contributed by atoms with E-state index in [0.29, 0.717) is 6.42 Å². The Balaban J connectivity index is 2.04. The number of allylic oxidation sites excluding steroid dienone is 2. The molecule has 0 saturated carbocycles. The van der Waals surface area contributed by atoms with Gasteiger partial charge in [0.1, 0.15) is 6.17 Å². The first-order valence-corrected chi connectivity index (χ1v) is 7.73. The van der Waals surface area contributed by atoms with E-state index in [-0.39, 0.29) is 17.7 Å². The van der Waals surface area contributed by atoms with Gasteiger partial charge in [-0.15, -0.1) is 0 Å². The van der Waals surface area contributed by atoms with Gasteiger partial charge in [-0.2, -0.15) is 0 Å². The average molecular weight is 277 g/mol. The number of amides is 1. The molecule has 0 spiro atoms. The van der Waals surface area contributed by atoms with E-state index in [4.69, 9.17) is 0 Å². The normalized spacial score (nSPS) is 24.1. The molecule has 0 aliphatic carbocycles. The lowest BCUT2D eigenvalue weighted by atomic mass is 10.1. The quantitative estimate of drug-likeness (QED) is 0.857. The number of nitrogens with zero attached hydrogens (tertiary/aromatic N) is 2. The highest BCUT2D eigenvalue weighted by molar-refractivity contribution is 5.77. The number of likely N-dealkylation sites (tertiary alicyclic amines) is 1. The predicted octanol–water partition coefficient (Wildman–Crippen LogP) is 2.45. The second-order valence-electron chi connectivity index (χ2n) is 6.08. The fourth-order valence-electron chi connectivity index (χ4n) is 2.94. The standard InChI is InChI=1S/C16H27N3O/c1-4-15(20)19-13-9-6-10-14(19)17-16(2,3)18-11-7-5-8-12-18/h6,9-10,13-14,17H,4-5,7-8,11-12H2,1-3H3. The van der Waals surface area contributed by atoms with Gasteiger partial charge in [0.25, 0.3) is 0 Å². The lowest BCUT2D eigenvalue weighted by molar-refractivity contribution is -0.130. The van der Waals surface area contributed by atoms with Gasteiger partial charge in [-0.25, -0.2) is 0 Å². The molecule has 0 radical (unpaired) electrons. The minimum absolute atomic E-state index is 0.0515. The van der Waals surface area contributed by atoms with Crippen molar-refractivity contribution in [2.24, 2.45) is 0 Å². The van der Waals surface area contributed by atoms with Gasteiger partial charge in [-0.1, -0.05) is 19.4 Å². The van der Waals surface area contributed by atoms with E-state index in [2.05, 4.69) is 30.1 Å². The van der Waals surface area contributed by atoms with Crippen LogP contribution in [0.5, 0.6) is 0 Å². The first-order valence-electron chi connectivity index (χ1n) is 7.73. The Bertz CT molecular complexity index is 395. The van der Waals surface area contributed by atoms with Crippen molar-refractivity contribution in [3.05, 3.63) is 24.4 Å². The summed E-state index contributed by atoms with van der Waals surface area (Å²) < 4.78 is 0. The second kappa shape index (κ2) is 6.55. The highest BCUT2D eigenvalue weighted by Gasteiger charge is 2.32. The number of rotatable bonds is 4. The van der Waals surface area contributed by atoms with Gasteiger partial charge in [0.05, 0.1) is 5.66 Å². The van der Waals surface area contributed by atoms with Crippen LogP contribution in [-0.4, -0.2) is 40.6 Å². The maximum atomic E-state index is 12.0. The Hall–Kier alpha value is -1.13. The van der Waals surface area contributed by atoms with Crippen molar-refractivity contribution in [3.63, 3.8) is 0 Å². The van der Waals surface area contributed by atoms with Crippen LogP contribution in [0.15, 0.2) is 24.4 Å². The third-order valence-electron chi connectivity index (χ3n) is 4.19. The summed E-state index contributed by atoms with van der Waals surface area (Å²) in [5, 5.41) is 3.62. The molecule has 1 atom stereocenters. The molecule has 0 bridgehead atoms. The molecule has 20 heavy (non-hydrogen) atoms. The predicted molar refractivity (Wildman–Crippen MR) is 81.8 cm³/mol. The van der Waals surface area contributed by atoms with Gasteiger partial charge in [0, 0.05) is 12.6 Å². The molecule has 1 fully saturated rings. The SMILES string of the molecule is CCC(=O)N1C=CC=CC1NC(C)(C)N1CCCCC1. The van der Waals surface area contributed by atoms with Crippen molar-refractivity contribution in [3.8, 4) is 0 Å². The van der Waals surface area contributed by atoms with Gasteiger partial charge in [0.2, 0.25) is 5.91 Å². The van der Waals surface area contributed by atoms with Crippen LogP contribution in [0.1, 0.15) is 46.5 Å². The van der Waals surface area contributed by atoms with Crippen molar-refractivity contribution in [1.29, 1.82) is 0 Å². The third-order valence-corrected chi connectivity index (χ3v) is 4.19. The third kappa shape index (κ3) is 3.49. The van der Waals surface area contributed by atoms with Crippen LogP contribution in [0, 0.1) is 0 Å². The van der Waals surface area contributed by atoms with Gasteiger partial charge in [-0.3, -0.25) is 19.9 Å². The molecule has 4 nitrogen and oxygen atoms in total. The van der Waals surface area contributed by atoms with Crippen molar-refractivity contribution < 1.29 is 4.79 Å². The van der Waals surface area contributed by atoms with Gasteiger partial charge in [0.15, 0.2) is 0 Å². The molecule has 1 unspecified atom stereocenters. The fourth-order valence-corrected chi connectivity index (χ4v) is 2.94.